The third-order valence-electron chi connectivity index (χ3n) is 2.05. The standard InChI is InChI=1S/C11H16ClN3O2/c1-14-11(16)15-10-8(12)4-2-5-9(10)17-7-3-6-13/h2,4-5H,3,6-7,13H2,1H3,(H2,14,15,16). The number of hydrogen-bond donors (Lipinski definition) is 3. The van der Waals surface area contributed by atoms with Crippen LogP contribution in [0.3, 0.4) is 0 Å². The Hall–Kier alpha value is -1.46. The first-order valence-electron chi connectivity index (χ1n) is 5.29. The smallest absolute Gasteiger partial charge is 0.319 e. The Kier molecular flexibility index (Phi) is 5.59. The van der Waals surface area contributed by atoms with Crippen molar-refractivity contribution in [1.82, 2.24) is 5.32 Å². The highest BCUT2D eigenvalue weighted by atomic mass is 35.5. The normalized spacial score (nSPS) is 9.82. The number of halogens is 1. The van der Waals surface area contributed by atoms with E-state index >= 15 is 0 Å². The van der Waals surface area contributed by atoms with E-state index in [1.54, 1.807) is 18.2 Å². The molecule has 2 amide bonds. The molecule has 0 fully saturated rings. The molecule has 0 radical (unpaired) electrons. The van der Waals surface area contributed by atoms with Gasteiger partial charge in [0, 0.05) is 7.05 Å². The molecule has 0 unspecified atom stereocenters. The Morgan fingerprint density at radius 1 is 1.53 bits per heavy atom. The highest BCUT2D eigenvalue weighted by Crippen LogP contribution is 2.32. The molecule has 6 heteroatoms. The third-order valence-corrected chi connectivity index (χ3v) is 2.36. The average molecular weight is 258 g/mol. The van der Waals surface area contributed by atoms with Crippen molar-refractivity contribution in [2.24, 2.45) is 5.73 Å². The van der Waals surface area contributed by atoms with E-state index in [4.69, 9.17) is 22.1 Å². The summed E-state index contributed by atoms with van der Waals surface area (Å²) in [4.78, 5) is 11.3. The molecule has 17 heavy (non-hydrogen) atoms. The van der Waals surface area contributed by atoms with Gasteiger partial charge in [-0.25, -0.2) is 4.79 Å². The fraction of sp³-hybridized carbons (Fsp3) is 0.364. The minimum Gasteiger partial charge on any atom is -0.491 e. The van der Waals surface area contributed by atoms with Gasteiger partial charge >= 0.3 is 6.03 Å². The molecule has 1 aromatic carbocycles. The zero-order chi connectivity index (χ0) is 12.7. The molecule has 0 aromatic heterocycles. The molecule has 0 bridgehead atoms. The number of para-hydroxylation sites is 1. The van der Waals surface area contributed by atoms with Crippen LogP contribution in [0.25, 0.3) is 0 Å². The van der Waals surface area contributed by atoms with Crippen LogP contribution in [-0.4, -0.2) is 26.2 Å². The fourth-order valence-corrected chi connectivity index (χ4v) is 1.40. The van der Waals surface area contributed by atoms with E-state index in [0.29, 0.717) is 29.6 Å². The van der Waals surface area contributed by atoms with Gasteiger partial charge in [-0.3, -0.25) is 0 Å². The topological polar surface area (TPSA) is 76.4 Å². The number of nitrogens with two attached hydrogens (primary N) is 1. The van der Waals surface area contributed by atoms with Gasteiger partial charge in [0.25, 0.3) is 0 Å². The molecule has 0 saturated carbocycles. The first-order valence-corrected chi connectivity index (χ1v) is 5.67. The number of urea groups is 1. The lowest BCUT2D eigenvalue weighted by atomic mass is 10.3. The second-order valence-electron chi connectivity index (χ2n) is 3.31. The monoisotopic (exact) mass is 257 g/mol. The zero-order valence-electron chi connectivity index (χ0n) is 9.63. The van der Waals surface area contributed by atoms with Crippen LogP contribution < -0.4 is 21.1 Å². The van der Waals surface area contributed by atoms with Crippen LogP contribution in [0.2, 0.25) is 5.02 Å². The summed E-state index contributed by atoms with van der Waals surface area (Å²) in [6.07, 6.45) is 0.742. The summed E-state index contributed by atoms with van der Waals surface area (Å²) in [5, 5.41) is 5.50. The van der Waals surface area contributed by atoms with Crippen molar-refractivity contribution < 1.29 is 9.53 Å². The molecule has 4 N–H and O–H groups in total. The van der Waals surface area contributed by atoms with Crippen molar-refractivity contribution >= 4 is 23.3 Å². The van der Waals surface area contributed by atoms with Crippen LogP contribution in [0.15, 0.2) is 18.2 Å². The van der Waals surface area contributed by atoms with Crippen LogP contribution >= 0.6 is 11.6 Å². The SMILES string of the molecule is CNC(=O)Nc1c(Cl)cccc1OCCCN. The number of amides is 2. The van der Waals surface area contributed by atoms with Gasteiger partial charge in [-0.2, -0.15) is 0 Å². The molecule has 0 spiro atoms. The van der Waals surface area contributed by atoms with Crippen molar-refractivity contribution in [3.05, 3.63) is 23.2 Å². The lowest BCUT2D eigenvalue weighted by Crippen LogP contribution is -2.25. The van der Waals surface area contributed by atoms with E-state index in [0.717, 1.165) is 6.42 Å². The maximum absolute atomic E-state index is 11.3. The maximum atomic E-state index is 11.3. The summed E-state index contributed by atoms with van der Waals surface area (Å²) in [6, 6.07) is 4.84. The molecule has 5 nitrogen and oxygen atoms in total. The van der Waals surface area contributed by atoms with E-state index in [2.05, 4.69) is 10.6 Å². The van der Waals surface area contributed by atoms with Crippen molar-refractivity contribution in [2.75, 3.05) is 25.5 Å². The first kappa shape index (κ1) is 13.6. The van der Waals surface area contributed by atoms with Crippen LogP contribution in [0.1, 0.15) is 6.42 Å². The second kappa shape index (κ2) is 6.98. The molecule has 1 rings (SSSR count). The van der Waals surface area contributed by atoms with E-state index < -0.39 is 0 Å². The minimum absolute atomic E-state index is 0.346. The van der Waals surface area contributed by atoms with E-state index in [1.807, 2.05) is 0 Å². The summed E-state index contributed by atoms with van der Waals surface area (Å²) in [5.41, 5.74) is 5.84. The van der Waals surface area contributed by atoms with Crippen molar-refractivity contribution in [3.8, 4) is 5.75 Å². The number of nitrogens with one attached hydrogen (secondary N) is 2. The maximum Gasteiger partial charge on any atom is 0.319 e. The molecular weight excluding hydrogens is 242 g/mol. The number of ether oxygens (including phenoxy) is 1. The molecule has 0 heterocycles. The molecule has 0 aliphatic carbocycles. The Morgan fingerprint density at radius 3 is 2.94 bits per heavy atom. The first-order chi connectivity index (χ1) is 8.19. The quantitative estimate of drug-likeness (QED) is 0.704. The van der Waals surface area contributed by atoms with Crippen LogP contribution in [0, 0.1) is 0 Å². The van der Waals surface area contributed by atoms with Gasteiger partial charge in [-0.15, -0.1) is 0 Å². The number of benzene rings is 1. The highest BCUT2D eigenvalue weighted by molar-refractivity contribution is 6.34. The predicted octanol–water partition coefficient (Wildman–Crippen LogP) is 1.82. The lowest BCUT2D eigenvalue weighted by molar-refractivity contribution is 0.253. The van der Waals surface area contributed by atoms with Crippen LogP contribution in [0.4, 0.5) is 10.5 Å². The number of hydrogen-bond acceptors (Lipinski definition) is 3. The largest absolute Gasteiger partial charge is 0.491 e. The van der Waals surface area contributed by atoms with E-state index in [1.165, 1.54) is 7.05 Å². The Labute approximate surface area is 105 Å². The highest BCUT2D eigenvalue weighted by Gasteiger charge is 2.10. The van der Waals surface area contributed by atoms with Crippen molar-refractivity contribution in [1.29, 1.82) is 0 Å². The number of carbonyl (C=O) groups excluding carboxylic acids is 1. The number of carbonyl (C=O) groups is 1. The van der Waals surface area contributed by atoms with Gasteiger partial charge < -0.3 is 21.1 Å². The minimum atomic E-state index is -0.346. The summed E-state index contributed by atoms with van der Waals surface area (Å²) in [5.74, 6) is 0.537. The van der Waals surface area contributed by atoms with Crippen molar-refractivity contribution in [2.45, 2.75) is 6.42 Å². The van der Waals surface area contributed by atoms with Crippen LogP contribution in [-0.2, 0) is 0 Å². The molecule has 0 aliphatic rings. The zero-order valence-corrected chi connectivity index (χ0v) is 10.4. The fourth-order valence-electron chi connectivity index (χ4n) is 1.19. The van der Waals surface area contributed by atoms with Gasteiger partial charge in [-0.05, 0) is 25.1 Å². The summed E-state index contributed by atoms with van der Waals surface area (Å²) < 4.78 is 5.50. The predicted molar refractivity (Wildman–Crippen MR) is 68.7 cm³/mol. The molecule has 94 valence electrons. The molecular formula is C11H16ClN3O2. The van der Waals surface area contributed by atoms with Gasteiger partial charge in [0.15, 0.2) is 0 Å². The Balaban J connectivity index is 2.80. The van der Waals surface area contributed by atoms with Gasteiger partial charge in [0.1, 0.15) is 11.4 Å². The van der Waals surface area contributed by atoms with E-state index in [9.17, 15) is 4.79 Å². The van der Waals surface area contributed by atoms with Gasteiger partial charge in [-0.1, -0.05) is 17.7 Å². The lowest BCUT2D eigenvalue weighted by Gasteiger charge is -2.13. The molecule has 0 aliphatic heterocycles. The van der Waals surface area contributed by atoms with Crippen molar-refractivity contribution in [3.63, 3.8) is 0 Å². The van der Waals surface area contributed by atoms with Gasteiger partial charge in [0.2, 0.25) is 0 Å². The second-order valence-corrected chi connectivity index (χ2v) is 3.71. The number of rotatable bonds is 5. The molecule has 1 aromatic rings. The Bertz CT molecular complexity index is 385. The summed E-state index contributed by atoms with van der Waals surface area (Å²) in [6.45, 7) is 1.04. The molecule has 0 saturated heterocycles. The number of anilines is 1. The summed E-state index contributed by atoms with van der Waals surface area (Å²) >= 11 is 6.00. The molecule has 0 atom stereocenters. The average Bonchev–Trinajstić information content (AvgIpc) is 2.33. The van der Waals surface area contributed by atoms with E-state index in [-0.39, 0.29) is 6.03 Å². The van der Waals surface area contributed by atoms with Crippen LogP contribution in [0.5, 0.6) is 5.75 Å². The summed E-state index contributed by atoms with van der Waals surface area (Å²) in [7, 11) is 1.53. The third kappa shape index (κ3) is 4.13. The Morgan fingerprint density at radius 2 is 2.29 bits per heavy atom. The van der Waals surface area contributed by atoms with Gasteiger partial charge in [0.05, 0.1) is 11.6 Å².